The molecule has 1 aliphatic heterocycles. The Labute approximate surface area is 196 Å². The normalized spacial score (nSPS) is 17.6. The second kappa shape index (κ2) is 8.71. The summed E-state index contributed by atoms with van der Waals surface area (Å²) >= 11 is 0. The fourth-order valence-corrected chi connectivity index (χ4v) is 3.92. The van der Waals surface area contributed by atoms with Crippen LogP contribution in [-0.4, -0.2) is 21.7 Å². The predicted octanol–water partition coefficient (Wildman–Crippen LogP) is 5.55. The monoisotopic (exact) mass is 482 g/mol. The molecule has 3 aromatic rings. The van der Waals surface area contributed by atoms with Crippen molar-refractivity contribution in [2.24, 2.45) is 0 Å². The van der Waals surface area contributed by atoms with Crippen molar-refractivity contribution in [3.05, 3.63) is 111 Å². The van der Waals surface area contributed by atoms with Gasteiger partial charge in [-0.15, -0.1) is 0 Å². The molecule has 0 spiro atoms. The van der Waals surface area contributed by atoms with Gasteiger partial charge < -0.3 is 5.11 Å². The predicted molar refractivity (Wildman–Crippen MR) is 121 cm³/mol. The van der Waals surface area contributed by atoms with E-state index in [1.165, 1.54) is 36.4 Å². The molecule has 1 unspecified atom stereocenters. The van der Waals surface area contributed by atoms with Crippen LogP contribution in [0.5, 0.6) is 0 Å². The van der Waals surface area contributed by atoms with Gasteiger partial charge in [-0.2, -0.15) is 13.2 Å². The molecule has 1 N–H and O–H groups in total. The van der Waals surface area contributed by atoms with E-state index in [1.807, 2.05) is 0 Å². The number of alkyl halides is 3. The van der Waals surface area contributed by atoms with Crippen LogP contribution in [0.25, 0.3) is 5.76 Å². The number of aryl methyl sites for hydroxylation is 1. The zero-order valence-corrected chi connectivity index (χ0v) is 18.1. The number of nitro groups is 1. The Hall–Kier alpha value is -4.47. The molecule has 3 aromatic carbocycles. The van der Waals surface area contributed by atoms with Gasteiger partial charge in [0.05, 0.1) is 22.1 Å². The number of carbonyl (C=O) groups excluding carboxylic acids is 2. The van der Waals surface area contributed by atoms with E-state index >= 15 is 0 Å². The molecule has 0 aromatic heterocycles. The highest BCUT2D eigenvalue weighted by atomic mass is 19.4. The van der Waals surface area contributed by atoms with Crippen molar-refractivity contribution in [2.75, 3.05) is 4.90 Å². The fraction of sp³-hybridized carbons (Fsp3) is 0.120. The number of hydrogen-bond acceptors (Lipinski definition) is 5. The third kappa shape index (κ3) is 4.37. The Morgan fingerprint density at radius 1 is 1.00 bits per heavy atom. The summed E-state index contributed by atoms with van der Waals surface area (Å²) in [6, 6.07) is 13.8. The number of non-ortho nitro benzene ring substituents is 1. The first kappa shape index (κ1) is 23.7. The van der Waals surface area contributed by atoms with Crippen LogP contribution >= 0.6 is 0 Å². The van der Waals surface area contributed by atoms with Crippen molar-refractivity contribution in [3.8, 4) is 0 Å². The Bertz CT molecular complexity index is 1380. The first-order valence-corrected chi connectivity index (χ1v) is 10.3. The highest BCUT2D eigenvalue weighted by Crippen LogP contribution is 2.44. The fourth-order valence-electron chi connectivity index (χ4n) is 3.92. The van der Waals surface area contributed by atoms with Crippen molar-refractivity contribution < 1.29 is 32.8 Å². The van der Waals surface area contributed by atoms with Crippen molar-refractivity contribution in [3.63, 3.8) is 0 Å². The molecule has 1 amide bonds. The van der Waals surface area contributed by atoms with E-state index < -0.39 is 45.7 Å². The lowest BCUT2D eigenvalue weighted by molar-refractivity contribution is -0.384. The number of Topliss-reactive ketones (excluding diaryl/α,β-unsaturated/α-hetero) is 1. The average molecular weight is 482 g/mol. The first-order chi connectivity index (χ1) is 16.5. The highest BCUT2D eigenvalue weighted by Gasteiger charge is 2.47. The zero-order valence-electron chi connectivity index (χ0n) is 18.1. The summed E-state index contributed by atoms with van der Waals surface area (Å²) in [5.41, 5.74) is -0.905. The van der Waals surface area contributed by atoms with Gasteiger partial charge in [0.2, 0.25) is 0 Å². The molecule has 0 radical (unpaired) electrons. The van der Waals surface area contributed by atoms with Gasteiger partial charge in [0.1, 0.15) is 5.76 Å². The highest BCUT2D eigenvalue weighted by molar-refractivity contribution is 6.51. The summed E-state index contributed by atoms with van der Waals surface area (Å²) < 4.78 is 40.1. The van der Waals surface area contributed by atoms with Gasteiger partial charge >= 0.3 is 6.18 Å². The van der Waals surface area contributed by atoms with Crippen molar-refractivity contribution in [1.82, 2.24) is 0 Å². The Morgan fingerprint density at radius 3 is 2.29 bits per heavy atom. The molecule has 0 saturated carbocycles. The van der Waals surface area contributed by atoms with E-state index in [-0.39, 0.29) is 22.5 Å². The zero-order chi connectivity index (χ0) is 25.5. The topological polar surface area (TPSA) is 101 Å². The van der Waals surface area contributed by atoms with Crippen LogP contribution in [0.2, 0.25) is 0 Å². The van der Waals surface area contributed by atoms with Gasteiger partial charge in [0, 0.05) is 23.4 Å². The molecule has 4 rings (SSSR count). The van der Waals surface area contributed by atoms with Crippen molar-refractivity contribution in [2.45, 2.75) is 19.1 Å². The third-order valence-electron chi connectivity index (χ3n) is 5.62. The number of ketones is 1. The summed E-state index contributed by atoms with van der Waals surface area (Å²) in [5.74, 6) is -2.85. The molecule has 1 saturated heterocycles. The molecular formula is C25H17F3N2O5. The summed E-state index contributed by atoms with van der Waals surface area (Å²) in [4.78, 5) is 37.7. The standard InChI is InChI=1S/C25H17F3N2O5/c1-14-8-10-15(11-9-14)22(31)20-21(16-4-2-7-19(12-16)30(34)35)29(24(33)23(20)32)18-6-3-5-17(13-18)25(26,27)28/h2-13,21,31H,1H3/b22-20-. The molecule has 1 atom stereocenters. The lowest BCUT2D eigenvalue weighted by Gasteiger charge is -2.26. The molecular weight excluding hydrogens is 465 g/mol. The van der Waals surface area contributed by atoms with Gasteiger partial charge in [-0.3, -0.25) is 24.6 Å². The van der Waals surface area contributed by atoms with Crippen LogP contribution in [-0.2, 0) is 15.8 Å². The maximum Gasteiger partial charge on any atom is 0.416 e. The van der Waals surface area contributed by atoms with E-state index in [0.717, 1.165) is 28.7 Å². The number of hydrogen-bond donors (Lipinski definition) is 1. The van der Waals surface area contributed by atoms with E-state index in [1.54, 1.807) is 19.1 Å². The number of carbonyl (C=O) groups is 2. The molecule has 0 bridgehead atoms. The van der Waals surface area contributed by atoms with Gasteiger partial charge in [0.25, 0.3) is 17.4 Å². The smallest absolute Gasteiger partial charge is 0.416 e. The van der Waals surface area contributed by atoms with Crippen LogP contribution in [0.15, 0.2) is 78.4 Å². The van der Waals surface area contributed by atoms with E-state index in [2.05, 4.69) is 0 Å². The number of nitro benzene ring substituents is 1. The number of anilines is 1. The summed E-state index contributed by atoms with van der Waals surface area (Å²) in [5, 5.41) is 22.4. The molecule has 178 valence electrons. The molecule has 1 heterocycles. The van der Waals surface area contributed by atoms with Crippen LogP contribution in [0.3, 0.4) is 0 Å². The molecule has 10 heteroatoms. The van der Waals surface area contributed by atoms with E-state index in [4.69, 9.17) is 0 Å². The van der Waals surface area contributed by atoms with Crippen LogP contribution in [0, 0.1) is 17.0 Å². The molecule has 7 nitrogen and oxygen atoms in total. The quantitative estimate of drug-likeness (QED) is 0.173. The molecule has 0 aliphatic carbocycles. The number of halogens is 3. The third-order valence-corrected chi connectivity index (χ3v) is 5.62. The lowest BCUT2D eigenvalue weighted by atomic mass is 9.94. The average Bonchev–Trinajstić information content (AvgIpc) is 3.09. The van der Waals surface area contributed by atoms with Gasteiger partial charge in [-0.1, -0.05) is 48.0 Å². The van der Waals surface area contributed by atoms with Crippen LogP contribution in [0.1, 0.15) is 28.3 Å². The SMILES string of the molecule is Cc1ccc(/C(O)=C2/C(=O)C(=O)N(c3cccc(C(F)(F)F)c3)C2c2cccc([N+](=O)[O-])c2)cc1. The van der Waals surface area contributed by atoms with Crippen molar-refractivity contribution in [1.29, 1.82) is 0 Å². The summed E-state index contributed by atoms with van der Waals surface area (Å²) in [6.07, 6.45) is -4.72. The molecule has 1 aliphatic rings. The molecule has 1 fully saturated rings. The number of aliphatic hydroxyl groups is 1. The van der Waals surface area contributed by atoms with Crippen molar-refractivity contribution >= 4 is 28.8 Å². The van der Waals surface area contributed by atoms with Gasteiger partial charge in [-0.05, 0) is 30.7 Å². The van der Waals surface area contributed by atoms with E-state index in [0.29, 0.717) is 6.07 Å². The molecule has 35 heavy (non-hydrogen) atoms. The largest absolute Gasteiger partial charge is 0.507 e. The minimum Gasteiger partial charge on any atom is -0.507 e. The summed E-state index contributed by atoms with van der Waals surface area (Å²) in [7, 11) is 0. The second-order valence-electron chi connectivity index (χ2n) is 7.94. The first-order valence-electron chi connectivity index (χ1n) is 10.3. The Kier molecular flexibility index (Phi) is 5.89. The minimum absolute atomic E-state index is 0.0736. The Balaban J connectivity index is 1.97. The van der Waals surface area contributed by atoms with Gasteiger partial charge in [0.15, 0.2) is 0 Å². The maximum atomic E-state index is 13.4. The Morgan fingerprint density at radius 2 is 1.66 bits per heavy atom. The second-order valence-corrected chi connectivity index (χ2v) is 7.94. The minimum atomic E-state index is -4.72. The van der Waals surface area contributed by atoms with E-state index in [9.17, 15) is 38.0 Å². The summed E-state index contributed by atoms with van der Waals surface area (Å²) in [6.45, 7) is 1.81. The van der Waals surface area contributed by atoms with Crippen LogP contribution < -0.4 is 4.90 Å². The number of aliphatic hydroxyl groups excluding tert-OH is 1. The lowest BCUT2D eigenvalue weighted by Crippen LogP contribution is -2.29. The van der Waals surface area contributed by atoms with Gasteiger partial charge in [-0.25, -0.2) is 0 Å². The number of rotatable bonds is 4. The van der Waals surface area contributed by atoms with Crippen LogP contribution in [0.4, 0.5) is 24.5 Å². The number of nitrogens with zero attached hydrogens (tertiary/aromatic N) is 2. The number of amides is 1. The maximum absolute atomic E-state index is 13.4. The number of benzene rings is 3.